The summed E-state index contributed by atoms with van der Waals surface area (Å²) in [5.74, 6) is 0.108. The SMILES string of the molecule is COc1ccc(NC(=O)O[C@H]2CCCN(C(=O)c3ccc(F)cc3)C2)cc1.O=C(O)Nc1ccccc1. The lowest BCUT2D eigenvalue weighted by Crippen LogP contribution is -2.44. The predicted octanol–water partition coefficient (Wildman–Crippen LogP) is 5.46. The smallest absolute Gasteiger partial charge is 0.411 e. The van der Waals surface area contributed by atoms with E-state index in [4.69, 9.17) is 14.6 Å². The number of benzene rings is 3. The molecule has 4 rings (SSSR count). The number of hydrogen-bond acceptors (Lipinski definition) is 5. The van der Waals surface area contributed by atoms with Gasteiger partial charge in [0.25, 0.3) is 5.91 Å². The fraction of sp³-hybridized carbons (Fsp3) is 0.222. The topological polar surface area (TPSA) is 117 Å². The van der Waals surface area contributed by atoms with E-state index in [0.29, 0.717) is 42.2 Å². The van der Waals surface area contributed by atoms with Gasteiger partial charge in [0, 0.05) is 23.5 Å². The van der Waals surface area contributed by atoms with Crippen LogP contribution < -0.4 is 15.4 Å². The zero-order chi connectivity index (χ0) is 26.6. The second-order valence-electron chi connectivity index (χ2n) is 8.08. The van der Waals surface area contributed by atoms with Crippen molar-refractivity contribution in [1.29, 1.82) is 0 Å². The Morgan fingerprint density at radius 3 is 2.19 bits per heavy atom. The molecular formula is C27H28FN3O6. The van der Waals surface area contributed by atoms with Gasteiger partial charge in [0.2, 0.25) is 0 Å². The van der Waals surface area contributed by atoms with Crippen molar-refractivity contribution in [3.63, 3.8) is 0 Å². The number of carbonyl (C=O) groups is 3. The normalized spacial score (nSPS) is 14.4. The number of hydrogen-bond donors (Lipinski definition) is 3. The van der Waals surface area contributed by atoms with Crippen LogP contribution >= 0.6 is 0 Å². The van der Waals surface area contributed by atoms with Gasteiger partial charge in [0.1, 0.15) is 17.7 Å². The van der Waals surface area contributed by atoms with Crippen LogP contribution in [0.4, 0.5) is 25.4 Å². The van der Waals surface area contributed by atoms with Crippen molar-refractivity contribution in [1.82, 2.24) is 4.90 Å². The number of rotatable bonds is 5. The molecule has 1 heterocycles. The van der Waals surface area contributed by atoms with Gasteiger partial charge in [-0.1, -0.05) is 18.2 Å². The number of carboxylic acid groups (broad SMARTS) is 1. The minimum absolute atomic E-state index is 0.195. The van der Waals surface area contributed by atoms with Crippen LogP contribution in [0.5, 0.6) is 5.75 Å². The molecule has 0 spiro atoms. The Bertz CT molecular complexity index is 1170. The highest BCUT2D eigenvalue weighted by atomic mass is 19.1. The Labute approximate surface area is 213 Å². The van der Waals surface area contributed by atoms with E-state index in [1.165, 1.54) is 24.3 Å². The molecule has 0 aliphatic carbocycles. The maximum atomic E-state index is 13.0. The first-order valence-corrected chi connectivity index (χ1v) is 11.6. The first kappa shape index (κ1) is 27.0. The van der Waals surface area contributed by atoms with E-state index in [0.717, 1.165) is 6.42 Å². The van der Waals surface area contributed by atoms with Crippen LogP contribution in [-0.2, 0) is 4.74 Å². The summed E-state index contributed by atoms with van der Waals surface area (Å²) in [6, 6.07) is 21.1. The Balaban J connectivity index is 0.000000319. The summed E-state index contributed by atoms with van der Waals surface area (Å²) in [5, 5.41) is 13.1. The van der Waals surface area contributed by atoms with Crippen molar-refractivity contribution in [3.8, 4) is 5.75 Å². The molecule has 3 N–H and O–H groups in total. The lowest BCUT2D eigenvalue weighted by atomic mass is 10.1. The largest absolute Gasteiger partial charge is 0.497 e. The molecule has 0 unspecified atom stereocenters. The third-order valence-electron chi connectivity index (χ3n) is 5.39. The molecule has 3 aromatic carbocycles. The van der Waals surface area contributed by atoms with Crippen molar-refractivity contribution >= 4 is 29.5 Å². The van der Waals surface area contributed by atoms with Gasteiger partial charge in [0.15, 0.2) is 0 Å². The lowest BCUT2D eigenvalue weighted by molar-refractivity contribution is 0.0387. The van der Waals surface area contributed by atoms with Crippen LogP contribution in [0.15, 0.2) is 78.9 Å². The highest BCUT2D eigenvalue weighted by Crippen LogP contribution is 2.19. The molecule has 1 atom stereocenters. The van der Waals surface area contributed by atoms with E-state index < -0.39 is 12.2 Å². The van der Waals surface area contributed by atoms with Crippen LogP contribution in [0, 0.1) is 5.82 Å². The maximum absolute atomic E-state index is 13.0. The van der Waals surface area contributed by atoms with Crippen molar-refractivity contribution in [3.05, 3.63) is 90.2 Å². The Kier molecular flexibility index (Phi) is 9.83. The Morgan fingerprint density at radius 1 is 0.919 bits per heavy atom. The second kappa shape index (κ2) is 13.5. The second-order valence-corrected chi connectivity index (χ2v) is 8.08. The fourth-order valence-corrected chi connectivity index (χ4v) is 3.61. The molecule has 9 nitrogen and oxygen atoms in total. The number of para-hydroxylation sites is 1. The summed E-state index contributed by atoms with van der Waals surface area (Å²) in [7, 11) is 1.57. The van der Waals surface area contributed by atoms with E-state index in [1.807, 2.05) is 6.07 Å². The lowest BCUT2D eigenvalue weighted by Gasteiger charge is -2.32. The van der Waals surface area contributed by atoms with E-state index in [2.05, 4.69) is 10.6 Å². The number of carbonyl (C=O) groups excluding carboxylic acids is 2. The summed E-state index contributed by atoms with van der Waals surface area (Å²) in [6.45, 7) is 0.891. The number of nitrogens with zero attached hydrogens (tertiary/aromatic N) is 1. The number of ether oxygens (including phenoxy) is 2. The molecule has 3 amide bonds. The summed E-state index contributed by atoms with van der Waals surface area (Å²) < 4.78 is 23.5. The Morgan fingerprint density at radius 2 is 1.57 bits per heavy atom. The summed E-state index contributed by atoms with van der Waals surface area (Å²) in [5.41, 5.74) is 1.60. The summed E-state index contributed by atoms with van der Waals surface area (Å²) >= 11 is 0. The number of nitrogens with one attached hydrogen (secondary N) is 2. The van der Waals surface area contributed by atoms with Crippen LogP contribution in [0.3, 0.4) is 0 Å². The standard InChI is InChI=1S/C20H21FN2O4.C7H7NO2/c1-26-17-10-8-16(9-11-17)22-20(25)27-18-3-2-12-23(13-18)19(24)14-4-6-15(21)7-5-14;9-7(10)8-6-4-2-1-3-5-6/h4-11,18H,2-3,12-13H2,1H3,(H,22,25);1-5,8H,(H,9,10)/t18-;/m0./s1. The minimum Gasteiger partial charge on any atom is -0.497 e. The van der Waals surface area contributed by atoms with E-state index in [-0.39, 0.29) is 17.8 Å². The molecule has 1 saturated heterocycles. The van der Waals surface area contributed by atoms with E-state index in [1.54, 1.807) is 60.5 Å². The maximum Gasteiger partial charge on any atom is 0.411 e. The highest BCUT2D eigenvalue weighted by molar-refractivity contribution is 5.94. The van der Waals surface area contributed by atoms with Gasteiger partial charge in [-0.15, -0.1) is 0 Å². The molecule has 1 fully saturated rings. The first-order valence-electron chi connectivity index (χ1n) is 11.6. The average Bonchev–Trinajstić information content (AvgIpc) is 2.90. The monoisotopic (exact) mass is 509 g/mol. The number of methoxy groups -OCH3 is 1. The molecule has 1 aliphatic heterocycles. The number of anilines is 2. The van der Waals surface area contributed by atoms with Gasteiger partial charge in [0.05, 0.1) is 13.7 Å². The molecule has 3 aromatic rings. The van der Waals surface area contributed by atoms with Crippen molar-refractivity contribution in [2.75, 3.05) is 30.8 Å². The van der Waals surface area contributed by atoms with E-state index >= 15 is 0 Å². The van der Waals surface area contributed by atoms with E-state index in [9.17, 15) is 18.8 Å². The highest BCUT2D eigenvalue weighted by Gasteiger charge is 2.27. The van der Waals surface area contributed by atoms with Gasteiger partial charge in [-0.3, -0.25) is 15.4 Å². The molecule has 0 saturated carbocycles. The molecular weight excluding hydrogens is 481 g/mol. The van der Waals surface area contributed by atoms with Crippen LogP contribution in [-0.4, -0.2) is 54.4 Å². The zero-order valence-electron chi connectivity index (χ0n) is 20.2. The third kappa shape index (κ3) is 8.84. The quantitative estimate of drug-likeness (QED) is 0.420. The van der Waals surface area contributed by atoms with Crippen LogP contribution in [0.2, 0.25) is 0 Å². The van der Waals surface area contributed by atoms with Crippen LogP contribution in [0.25, 0.3) is 0 Å². The van der Waals surface area contributed by atoms with Crippen molar-refractivity contribution < 1.29 is 33.4 Å². The fourth-order valence-electron chi connectivity index (χ4n) is 3.61. The molecule has 194 valence electrons. The first-order chi connectivity index (χ1) is 17.8. The third-order valence-corrected chi connectivity index (χ3v) is 5.39. The van der Waals surface area contributed by atoms with Gasteiger partial charge < -0.3 is 19.5 Å². The molecule has 0 aromatic heterocycles. The predicted molar refractivity (Wildman–Crippen MR) is 137 cm³/mol. The Hall–Kier alpha value is -4.60. The van der Waals surface area contributed by atoms with Gasteiger partial charge in [-0.25, -0.2) is 14.0 Å². The number of likely N-dealkylation sites (tertiary alicyclic amines) is 1. The molecule has 10 heteroatoms. The minimum atomic E-state index is -1.04. The summed E-state index contributed by atoms with van der Waals surface area (Å²) in [6.07, 6.45) is -0.578. The number of piperidine rings is 1. The molecule has 1 aliphatic rings. The number of amides is 3. The molecule has 37 heavy (non-hydrogen) atoms. The molecule has 0 bridgehead atoms. The average molecular weight is 510 g/mol. The van der Waals surface area contributed by atoms with Crippen molar-refractivity contribution in [2.45, 2.75) is 18.9 Å². The van der Waals surface area contributed by atoms with Crippen LogP contribution in [0.1, 0.15) is 23.2 Å². The van der Waals surface area contributed by atoms with Gasteiger partial charge >= 0.3 is 12.2 Å². The van der Waals surface area contributed by atoms with Gasteiger partial charge in [-0.05, 0) is 73.5 Å². The summed E-state index contributed by atoms with van der Waals surface area (Å²) in [4.78, 5) is 36.3. The number of halogens is 1. The van der Waals surface area contributed by atoms with Gasteiger partial charge in [-0.2, -0.15) is 0 Å². The zero-order valence-corrected chi connectivity index (χ0v) is 20.2. The molecule has 0 radical (unpaired) electrons. The van der Waals surface area contributed by atoms with Crippen molar-refractivity contribution in [2.24, 2.45) is 0 Å².